The van der Waals surface area contributed by atoms with Crippen LogP contribution in [0.1, 0.15) is 29.6 Å². The van der Waals surface area contributed by atoms with Gasteiger partial charge in [0.1, 0.15) is 5.75 Å². The van der Waals surface area contributed by atoms with Crippen molar-refractivity contribution in [3.05, 3.63) is 23.8 Å². The Morgan fingerprint density at radius 2 is 1.94 bits per heavy atom. The molecule has 1 heterocycles. The van der Waals surface area contributed by atoms with Crippen molar-refractivity contribution in [3.63, 3.8) is 0 Å². The van der Waals surface area contributed by atoms with Gasteiger partial charge in [0.15, 0.2) is 0 Å². The van der Waals surface area contributed by atoms with E-state index < -0.39 is 5.91 Å². The molecule has 3 N–H and O–H groups in total. The molecular formula is C12H16N2O2. The molecular weight excluding hydrogens is 204 g/mol. The fourth-order valence-corrected chi connectivity index (χ4v) is 2.08. The highest BCUT2D eigenvalue weighted by Crippen LogP contribution is 2.26. The normalized spacial score (nSPS) is 16.1. The van der Waals surface area contributed by atoms with Crippen LogP contribution in [-0.2, 0) is 0 Å². The molecule has 0 aromatic heterocycles. The second-order valence-electron chi connectivity index (χ2n) is 4.11. The number of anilines is 1. The minimum atomic E-state index is -0.595. The van der Waals surface area contributed by atoms with Crippen LogP contribution in [0.4, 0.5) is 5.69 Å². The van der Waals surface area contributed by atoms with Gasteiger partial charge in [0, 0.05) is 24.8 Å². The number of primary amides is 1. The van der Waals surface area contributed by atoms with Gasteiger partial charge < -0.3 is 15.7 Å². The predicted molar refractivity (Wildman–Crippen MR) is 62.7 cm³/mol. The Balaban J connectivity index is 2.23. The summed E-state index contributed by atoms with van der Waals surface area (Å²) in [7, 11) is 0. The fraction of sp³-hybridized carbons (Fsp3) is 0.417. The van der Waals surface area contributed by atoms with E-state index in [9.17, 15) is 9.90 Å². The summed E-state index contributed by atoms with van der Waals surface area (Å²) in [6.45, 7) is 2.02. The third-order valence-corrected chi connectivity index (χ3v) is 2.97. The molecule has 0 saturated carbocycles. The Bertz CT molecular complexity index is 398. The van der Waals surface area contributed by atoms with Crippen LogP contribution in [0.25, 0.3) is 0 Å². The third kappa shape index (κ3) is 2.10. The zero-order valence-electron chi connectivity index (χ0n) is 9.15. The lowest BCUT2D eigenvalue weighted by molar-refractivity contribution is 0.0998. The number of carbonyl (C=O) groups excluding carboxylic acids is 1. The first-order valence-corrected chi connectivity index (χ1v) is 5.56. The van der Waals surface area contributed by atoms with Gasteiger partial charge in [0.25, 0.3) is 5.91 Å². The molecule has 0 radical (unpaired) electrons. The first-order valence-electron chi connectivity index (χ1n) is 5.56. The van der Waals surface area contributed by atoms with Crippen LogP contribution >= 0.6 is 0 Å². The van der Waals surface area contributed by atoms with Gasteiger partial charge in [0.2, 0.25) is 0 Å². The Hall–Kier alpha value is -1.71. The van der Waals surface area contributed by atoms with Gasteiger partial charge in [-0.2, -0.15) is 0 Å². The van der Waals surface area contributed by atoms with E-state index in [2.05, 4.69) is 4.90 Å². The van der Waals surface area contributed by atoms with E-state index in [1.165, 1.54) is 19.3 Å². The highest BCUT2D eigenvalue weighted by atomic mass is 16.3. The van der Waals surface area contributed by atoms with Crippen LogP contribution in [0.2, 0.25) is 0 Å². The molecule has 4 heteroatoms. The third-order valence-electron chi connectivity index (χ3n) is 2.97. The molecule has 1 fully saturated rings. The van der Waals surface area contributed by atoms with Crippen molar-refractivity contribution in [1.82, 2.24) is 0 Å². The highest BCUT2D eigenvalue weighted by molar-refractivity contribution is 5.96. The zero-order valence-corrected chi connectivity index (χ0v) is 9.15. The molecule has 1 aliphatic rings. The quantitative estimate of drug-likeness (QED) is 0.793. The summed E-state index contributed by atoms with van der Waals surface area (Å²) >= 11 is 0. The minimum absolute atomic E-state index is 0.0319. The van der Waals surface area contributed by atoms with Crippen molar-refractivity contribution >= 4 is 11.6 Å². The van der Waals surface area contributed by atoms with Crippen molar-refractivity contribution in [2.75, 3.05) is 18.0 Å². The van der Waals surface area contributed by atoms with Gasteiger partial charge in [-0.25, -0.2) is 0 Å². The van der Waals surface area contributed by atoms with Gasteiger partial charge in [-0.15, -0.1) is 0 Å². The number of hydrogen-bond acceptors (Lipinski definition) is 3. The SMILES string of the molecule is NC(=O)c1ccc(N2CCCCC2)cc1O. The standard InChI is InChI=1S/C12H16N2O2/c13-12(16)10-5-4-9(8-11(10)15)14-6-2-1-3-7-14/h4-5,8,15H,1-3,6-7H2,(H2,13,16). The maximum absolute atomic E-state index is 11.0. The Morgan fingerprint density at radius 1 is 1.25 bits per heavy atom. The van der Waals surface area contributed by atoms with Gasteiger partial charge in [-0.3, -0.25) is 4.79 Å². The molecule has 4 nitrogen and oxygen atoms in total. The largest absolute Gasteiger partial charge is 0.507 e. The lowest BCUT2D eigenvalue weighted by atomic mass is 10.1. The first kappa shape index (κ1) is 10.8. The topological polar surface area (TPSA) is 66.6 Å². The van der Waals surface area contributed by atoms with Crippen molar-refractivity contribution in [1.29, 1.82) is 0 Å². The average Bonchev–Trinajstić information content (AvgIpc) is 2.29. The second-order valence-corrected chi connectivity index (χ2v) is 4.11. The number of hydrogen-bond donors (Lipinski definition) is 2. The second kappa shape index (κ2) is 4.43. The Morgan fingerprint density at radius 3 is 2.50 bits per heavy atom. The van der Waals surface area contributed by atoms with Gasteiger partial charge in [0.05, 0.1) is 5.56 Å². The molecule has 1 amide bonds. The Kier molecular flexibility index (Phi) is 2.99. The summed E-state index contributed by atoms with van der Waals surface area (Å²) in [5.41, 5.74) is 6.27. The summed E-state index contributed by atoms with van der Waals surface area (Å²) < 4.78 is 0. The number of aromatic hydroxyl groups is 1. The number of piperidine rings is 1. The van der Waals surface area contributed by atoms with E-state index >= 15 is 0 Å². The van der Waals surface area contributed by atoms with Crippen LogP contribution in [-0.4, -0.2) is 24.1 Å². The molecule has 0 spiro atoms. The molecule has 1 saturated heterocycles. The lowest BCUT2D eigenvalue weighted by Crippen LogP contribution is -2.29. The van der Waals surface area contributed by atoms with Crippen LogP contribution in [0, 0.1) is 0 Å². The fourth-order valence-electron chi connectivity index (χ4n) is 2.08. The van der Waals surface area contributed by atoms with Crippen LogP contribution < -0.4 is 10.6 Å². The lowest BCUT2D eigenvalue weighted by Gasteiger charge is -2.29. The number of amides is 1. The maximum Gasteiger partial charge on any atom is 0.252 e. The minimum Gasteiger partial charge on any atom is -0.507 e. The summed E-state index contributed by atoms with van der Waals surface area (Å²) in [4.78, 5) is 13.2. The predicted octanol–water partition coefficient (Wildman–Crippen LogP) is 1.48. The molecule has 1 aliphatic heterocycles. The van der Waals surface area contributed by atoms with Gasteiger partial charge in [-0.05, 0) is 31.4 Å². The smallest absolute Gasteiger partial charge is 0.252 e. The number of phenols is 1. The van der Waals surface area contributed by atoms with Crippen LogP contribution in [0.3, 0.4) is 0 Å². The molecule has 86 valence electrons. The van der Waals surface area contributed by atoms with Gasteiger partial charge in [-0.1, -0.05) is 0 Å². The van der Waals surface area contributed by atoms with E-state index in [0.29, 0.717) is 0 Å². The molecule has 0 atom stereocenters. The summed E-state index contributed by atoms with van der Waals surface area (Å²) in [5.74, 6) is -0.627. The average molecular weight is 220 g/mol. The van der Waals surface area contributed by atoms with E-state index in [4.69, 9.17) is 5.73 Å². The highest BCUT2D eigenvalue weighted by Gasteiger charge is 2.14. The van der Waals surface area contributed by atoms with Crippen molar-refractivity contribution < 1.29 is 9.90 Å². The summed E-state index contributed by atoms with van der Waals surface area (Å²) in [6.07, 6.45) is 3.62. The van der Waals surface area contributed by atoms with Gasteiger partial charge >= 0.3 is 0 Å². The number of nitrogens with two attached hydrogens (primary N) is 1. The molecule has 16 heavy (non-hydrogen) atoms. The molecule has 1 aromatic rings. The molecule has 0 aliphatic carbocycles. The maximum atomic E-state index is 11.0. The first-order chi connectivity index (χ1) is 7.68. The zero-order chi connectivity index (χ0) is 11.5. The van der Waals surface area contributed by atoms with E-state index in [1.54, 1.807) is 12.1 Å². The summed E-state index contributed by atoms with van der Waals surface area (Å²) in [6, 6.07) is 5.04. The number of carbonyl (C=O) groups is 1. The van der Waals surface area contributed by atoms with E-state index in [1.807, 2.05) is 6.07 Å². The van der Waals surface area contributed by atoms with Crippen LogP contribution in [0.15, 0.2) is 18.2 Å². The van der Waals surface area contributed by atoms with Crippen LogP contribution in [0.5, 0.6) is 5.75 Å². The monoisotopic (exact) mass is 220 g/mol. The molecule has 1 aromatic carbocycles. The Labute approximate surface area is 94.7 Å². The van der Waals surface area contributed by atoms with E-state index in [-0.39, 0.29) is 11.3 Å². The number of rotatable bonds is 2. The number of benzene rings is 1. The number of nitrogens with zero attached hydrogens (tertiary/aromatic N) is 1. The summed E-state index contributed by atoms with van der Waals surface area (Å²) in [5, 5.41) is 9.66. The molecule has 0 bridgehead atoms. The van der Waals surface area contributed by atoms with E-state index in [0.717, 1.165) is 18.8 Å². The van der Waals surface area contributed by atoms with Crippen molar-refractivity contribution in [2.24, 2.45) is 5.73 Å². The van der Waals surface area contributed by atoms with Crippen molar-refractivity contribution in [2.45, 2.75) is 19.3 Å². The molecule has 0 unspecified atom stereocenters. The molecule has 2 rings (SSSR count). The van der Waals surface area contributed by atoms with Crippen molar-refractivity contribution in [3.8, 4) is 5.75 Å².